The first-order valence-electron chi connectivity index (χ1n) is 5.22. The molecule has 5 heteroatoms. The molecule has 0 N–H and O–H groups in total. The zero-order valence-corrected chi connectivity index (χ0v) is 11.1. The van der Waals surface area contributed by atoms with Crippen LogP contribution >= 0.6 is 0 Å². The fourth-order valence-corrected chi connectivity index (χ4v) is 2.65. The van der Waals surface area contributed by atoms with E-state index in [0.717, 1.165) is 5.57 Å². The lowest BCUT2D eigenvalue weighted by Crippen LogP contribution is -2.35. The van der Waals surface area contributed by atoms with Gasteiger partial charge >= 0.3 is 5.97 Å². The molecule has 2 aliphatic rings. The van der Waals surface area contributed by atoms with Crippen molar-refractivity contribution in [3.63, 3.8) is 0 Å². The number of epoxide rings is 1. The molecule has 84 valence electrons. The second kappa shape index (κ2) is 4.07. The van der Waals surface area contributed by atoms with Crippen molar-refractivity contribution < 1.29 is 18.7 Å². The van der Waals surface area contributed by atoms with E-state index >= 15 is 0 Å². The van der Waals surface area contributed by atoms with Gasteiger partial charge in [-0.1, -0.05) is 6.58 Å². The summed E-state index contributed by atoms with van der Waals surface area (Å²) >= 11 is 0. The van der Waals surface area contributed by atoms with Gasteiger partial charge in [0.25, 0.3) is 0 Å². The van der Waals surface area contributed by atoms with Crippen molar-refractivity contribution in [2.45, 2.75) is 31.7 Å². The Hall–Kier alpha value is -0.653. The van der Waals surface area contributed by atoms with Crippen LogP contribution in [0.5, 0.6) is 0 Å². The first kappa shape index (κ1) is 10.9. The molecule has 1 saturated carbocycles. The number of rotatable bonds is 3. The summed E-state index contributed by atoms with van der Waals surface area (Å²) in [4.78, 5) is 11.6. The Morgan fingerprint density at radius 2 is 2.47 bits per heavy atom. The van der Waals surface area contributed by atoms with Crippen molar-refractivity contribution in [2.75, 3.05) is 6.61 Å². The number of carbonyl (C=O) groups is 1. The van der Waals surface area contributed by atoms with E-state index < -0.39 is 0 Å². The number of ether oxygens (including phenoxy) is 2. The Bertz CT molecular complexity index is 291. The number of carbonyl (C=O) groups excluding carboxylic acids is 1. The fraction of sp³-hybridized carbons (Fsp3) is 0.700. The van der Waals surface area contributed by atoms with Gasteiger partial charge in [0.15, 0.2) is 0 Å². The third-order valence-electron chi connectivity index (χ3n) is 3.04. The van der Waals surface area contributed by atoms with Gasteiger partial charge in [0.2, 0.25) is 0 Å². The van der Waals surface area contributed by atoms with E-state index in [4.69, 9.17) is 13.9 Å². The third-order valence-corrected chi connectivity index (χ3v) is 3.61. The largest absolute Gasteiger partial charge is 0.466 e. The average Bonchev–Trinajstić information content (AvgIpc) is 2.99. The Morgan fingerprint density at radius 3 is 3.07 bits per heavy atom. The van der Waals surface area contributed by atoms with Gasteiger partial charge in [0.05, 0.1) is 18.6 Å². The molecule has 1 aliphatic carbocycles. The van der Waals surface area contributed by atoms with Crippen LogP contribution in [0, 0.1) is 5.92 Å². The molecule has 0 aromatic heterocycles. The lowest BCUT2D eigenvalue weighted by Gasteiger charge is -2.25. The first-order chi connectivity index (χ1) is 7.19. The molecule has 0 amide bonds. The molecule has 0 radical (unpaired) electrons. The first-order valence-corrected chi connectivity index (χ1v) is 6.04. The lowest BCUT2D eigenvalue weighted by molar-refractivity contribution is -0.149. The normalized spacial score (nSPS) is 38.6. The quantitative estimate of drug-likeness (QED) is 0.284. The van der Waals surface area contributed by atoms with Crippen LogP contribution in [0.15, 0.2) is 12.2 Å². The standard InChI is InChI=1S/C10H16O4Si/c1-3-12-10(11)6-4-7(14-15)5(2)8-9(6)13-8/h6-9H,2-4H2,1,15H3. The molecule has 1 heterocycles. The van der Waals surface area contributed by atoms with Crippen LogP contribution in [0.3, 0.4) is 0 Å². The smallest absolute Gasteiger partial charge is 0.311 e. The van der Waals surface area contributed by atoms with Gasteiger partial charge in [0.1, 0.15) is 22.7 Å². The third kappa shape index (κ3) is 1.87. The lowest BCUT2D eigenvalue weighted by atomic mass is 9.84. The van der Waals surface area contributed by atoms with Crippen molar-refractivity contribution in [3.8, 4) is 0 Å². The molecule has 1 saturated heterocycles. The maximum atomic E-state index is 11.6. The highest BCUT2D eigenvalue weighted by Crippen LogP contribution is 2.44. The van der Waals surface area contributed by atoms with Gasteiger partial charge in [-0.05, 0) is 18.9 Å². The maximum absolute atomic E-state index is 11.6. The number of hydrogen-bond donors (Lipinski definition) is 0. The van der Waals surface area contributed by atoms with Gasteiger partial charge in [-0.15, -0.1) is 0 Å². The molecule has 2 rings (SSSR count). The Morgan fingerprint density at radius 1 is 1.73 bits per heavy atom. The second-order valence-electron chi connectivity index (χ2n) is 3.91. The van der Waals surface area contributed by atoms with Crippen molar-refractivity contribution in [1.82, 2.24) is 0 Å². The van der Waals surface area contributed by atoms with Crippen LogP contribution in [0.2, 0.25) is 0 Å². The molecule has 4 unspecified atom stereocenters. The Balaban J connectivity index is 2.03. The minimum atomic E-state index is -0.167. The summed E-state index contributed by atoms with van der Waals surface area (Å²) in [5.74, 6) is -0.333. The summed E-state index contributed by atoms with van der Waals surface area (Å²) in [5.41, 5.74) is 0.982. The number of hydrogen-bond acceptors (Lipinski definition) is 4. The monoisotopic (exact) mass is 228 g/mol. The van der Waals surface area contributed by atoms with E-state index in [0.29, 0.717) is 23.5 Å². The van der Waals surface area contributed by atoms with E-state index in [1.807, 2.05) is 6.92 Å². The molecular weight excluding hydrogens is 212 g/mol. The van der Waals surface area contributed by atoms with Crippen LogP contribution in [0.1, 0.15) is 13.3 Å². The van der Waals surface area contributed by atoms with Gasteiger partial charge in [-0.3, -0.25) is 4.79 Å². The number of esters is 1. The molecule has 0 spiro atoms. The predicted octanol–water partition coefficient (Wildman–Crippen LogP) is -0.441. The highest BCUT2D eigenvalue weighted by atomic mass is 28.2. The van der Waals surface area contributed by atoms with Gasteiger partial charge in [0, 0.05) is 0 Å². The highest BCUT2D eigenvalue weighted by molar-refractivity contribution is 5.98. The van der Waals surface area contributed by atoms with Crippen molar-refractivity contribution in [2.24, 2.45) is 5.92 Å². The van der Waals surface area contributed by atoms with Gasteiger partial charge in [-0.2, -0.15) is 0 Å². The topological polar surface area (TPSA) is 48.1 Å². The van der Waals surface area contributed by atoms with E-state index in [1.165, 1.54) is 0 Å². The summed E-state index contributed by atoms with van der Waals surface area (Å²) in [6.45, 7) is 6.18. The predicted molar refractivity (Wildman–Crippen MR) is 57.4 cm³/mol. The maximum Gasteiger partial charge on any atom is 0.311 e. The highest BCUT2D eigenvalue weighted by Gasteiger charge is 2.55. The van der Waals surface area contributed by atoms with Crippen molar-refractivity contribution >= 4 is 16.5 Å². The summed E-state index contributed by atoms with van der Waals surface area (Å²) < 4.78 is 15.9. The van der Waals surface area contributed by atoms with Crippen molar-refractivity contribution in [3.05, 3.63) is 12.2 Å². The van der Waals surface area contributed by atoms with E-state index in [-0.39, 0.29) is 30.2 Å². The Kier molecular flexibility index (Phi) is 2.95. The van der Waals surface area contributed by atoms with Crippen LogP contribution in [-0.4, -0.2) is 41.4 Å². The van der Waals surface area contributed by atoms with Gasteiger partial charge in [-0.25, -0.2) is 0 Å². The van der Waals surface area contributed by atoms with Crippen molar-refractivity contribution in [1.29, 1.82) is 0 Å². The van der Waals surface area contributed by atoms with E-state index in [1.54, 1.807) is 0 Å². The second-order valence-corrected chi connectivity index (χ2v) is 4.39. The summed E-state index contributed by atoms with van der Waals surface area (Å²) in [7, 11) is 0.649. The molecule has 0 aromatic rings. The zero-order chi connectivity index (χ0) is 11.0. The van der Waals surface area contributed by atoms with Crippen LogP contribution in [0.4, 0.5) is 0 Å². The minimum absolute atomic E-state index is 0.00961. The van der Waals surface area contributed by atoms with E-state index in [2.05, 4.69) is 6.58 Å². The average molecular weight is 228 g/mol. The Labute approximate surface area is 92.1 Å². The van der Waals surface area contributed by atoms with Gasteiger partial charge < -0.3 is 13.9 Å². The molecule has 4 atom stereocenters. The molecule has 0 bridgehead atoms. The molecular formula is C10H16O4Si. The van der Waals surface area contributed by atoms with E-state index in [9.17, 15) is 4.79 Å². The molecule has 2 fully saturated rings. The number of fused-ring (bicyclic) bond motifs is 1. The molecule has 4 nitrogen and oxygen atoms in total. The van der Waals surface area contributed by atoms with Crippen LogP contribution in [-0.2, 0) is 18.7 Å². The molecule has 1 aliphatic heterocycles. The summed E-state index contributed by atoms with van der Waals surface area (Å²) in [6.07, 6.45) is 0.647. The fourth-order valence-electron chi connectivity index (χ4n) is 2.15. The SMILES string of the molecule is C=C1C(O[SiH3])CC(C(=O)OCC)C2OC12. The summed E-state index contributed by atoms with van der Waals surface area (Å²) in [5, 5.41) is 0. The zero-order valence-electron chi connectivity index (χ0n) is 9.06. The summed E-state index contributed by atoms with van der Waals surface area (Å²) in [6, 6.07) is 0. The molecule has 15 heavy (non-hydrogen) atoms. The minimum Gasteiger partial charge on any atom is -0.466 e. The van der Waals surface area contributed by atoms with Crippen LogP contribution in [0.25, 0.3) is 0 Å². The molecule has 0 aromatic carbocycles. The van der Waals surface area contributed by atoms with Crippen LogP contribution < -0.4 is 0 Å².